The van der Waals surface area contributed by atoms with E-state index in [0.717, 1.165) is 12.4 Å². The molecule has 1 saturated carbocycles. The van der Waals surface area contributed by atoms with Crippen molar-refractivity contribution in [1.29, 1.82) is 0 Å². The number of hydrogen-bond donors (Lipinski definition) is 0. The van der Waals surface area contributed by atoms with E-state index in [1.54, 1.807) is 0 Å². The van der Waals surface area contributed by atoms with E-state index in [-0.39, 0.29) is 0 Å². The van der Waals surface area contributed by atoms with E-state index in [0.29, 0.717) is 5.41 Å². The van der Waals surface area contributed by atoms with Crippen LogP contribution in [0.15, 0.2) is 30.3 Å². The van der Waals surface area contributed by atoms with E-state index in [2.05, 4.69) is 6.92 Å². The molecule has 0 spiro atoms. The first-order chi connectivity index (χ1) is 5.79. The molecule has 0 radical (unpaired) electrons. The number of para-hydroxylation sites is 1. The lowest BCUT2D eigenvalue weighted by Gasteiger charge is -2.10. The lowest BCUT2D eigenvalue weighted by atomic mass is 10.2. The summed E-state index contributed by atoms with van der Waals surface area (Å²) in [6, 6.07) is 10.0. The summed E-state index contributed by atoms with van der Waals surface area (Å²) in [4.78, 5) is 0. The first-order valence-corrected chi connectivity index (χ1v) is 4.46. The van der Waals surface area contributed by atoms with Gasteiger partial charge in [0.15, 0.2) is 0 Å². The third-order valence-corrected chi connectivity index (χ3v) is 2.43. The highest BCUT2D eigenvalue weighted by atomic mass is 16.5. The van der Waals surface area contributed by atoms with Crippen LogP contribution in [0.3, 0.4) is 0 Å². The highest BCUT2D eigenvalue weighted by Gasteiger charge is 2.37. The Morgan fingerprint density at radius 3 is 2.50 bits per heavy atom. The first kappa shape index (κ1) is 7.66. The van der Waals surface area contributed by atoms with E-state index >= 15 is 0 Å². The number of benzene rings is 1. The molecule has 0 unspecified atom stereocenters. The van der Waals surface area contributed by atoms with E-state index in [4.69, 9.17) is 4.74 Å². The second kappa shape index (κ2) is 2.81. The minimum atomic E-state index is 0.482. The van der Waals surface area contributed by atoms with E-state index in [1.807, 2.05) is 30.3 Å². The number of ether oxygens (including phenoxy) is 1. The Morgan fingerprint density at radius 1 is 1.25 bits per heavy atom. The van der Waals surface area contributed by atoms with Gasteiger partial charge >= 0.3 is 0 Å². The zero-order valence-electron chi connectivity index (χ0n) is 7.42. The van der Waals surface area contributed by atoms with Gasteiger partial charge in [0.25, 0.3) is 0 Å². The Labute approximate surface area is 73.4 Å². The number of rotatable bonds is 3. The molecular formula is C11H14O. The van der Waals surface area contributed by atoms with Gasteiger partial charge in [-0.25, -0.2) is 0 Å². The van der Waals surface area contributed by atoms with Crippen molar-refractivity contribution in [1.82, 2.24) is 0 Å². The van der Waals surface area contributed by atoms with Gasteiger partial charge in [0.05, 0.1) is 6.61 Å². The van der Waals surface area contributed by atoms with Crippen LogP contribution in [-0.2, 0) is 0 Å². The summed E-state index contributed by atoms with van der Waals surface area (Å²) in [5, 5.41) is 0. The Balaban J connectivity index is 1.88. The molecule has 1 aliphatic carbocycles. The molecule has 0 heterocycles. The van der Waals surface area contributed by atoms with Crippen molar-refractivity contribution in [2.45, 2.75) is 19.8 Å². The molecule has 0 N–H and O–H groups in total. The summed E-state index contributed by atoms with van der Waals surface area (Å²) in [6.07, 6.45) is 2.64. The van der Waals surface area contributed by atoms with Gasteiger partial charge in [-0.2, -0.15) is 0 Å². The fourth-order valence-corrected chi connectivity index (χ4v) is 1.13. The standard InChI is InChI=1S/C11H14O/c1-11(7-8-11)9-12-10-5-3-2-4-6-10/h2-6H,7-9H2,1H3. The molecule has 0 atom stereocenters. The zero-order valence-corrected chi connectivity index (χ0v) is 7.42. The van der Waals surface area contributed by atoms with Crippen molar-refractivity contribution in [3.8, 4) is 5.75 Å². The van der Waals surface area contributed by atoms with Crippen molar-refractivity contribution < 1.29 is 4.74 Å². The molecule has 0 saturated heterocycles. The van der Waals surface area contributed by atoms with Crippen molar-refractivity contribution in [3.63, 3.8) is 0 Å². The van der Waals surface area contributed by atoms with Crippen LogP contribution in [0.1, 0.15) is 19.8 Å². The van der Waals surface area contributed by atoms with E-state index < -0.39 is 0 Å². The Morgan fingerprint density at radius 2 is 1.92 bits per heavy atom. The largest absolute Gasteiger partial charge is 0.493 e. The molecule has 1 heteroatoms. The zero-order chi connectivity index (χ0) is 8.44. The van der Waals surface area contributed by atoms with Crippen LogP contribution in [0.5, 0.6) is 5.75 Å². The SMILES string of the molecule is CC1(COc2ccccc2)CC1. The van der Waals surface area contributed by atoms with Crippen LogP contribution in [-0.4, -0.2) is 6.61 Å². The third-order valence-electron chi connectivity index (χ3n) is 2.43. The second-order valence-corrected chi connectivity index (χ2v) is 3.91. The molecule has 12 heavy (non-hydrogen) atoms. The van der Waals surface area contributed by atoms with Gasteiger partial charge in [0.2, 0.25) is 0 Å². The molecule has 0 aliphatic heterocycles. The monoisotopic (exact) mass is 162 g/mol. The fraction of sp³-hybridized carbons (Fsp3) is 0.455. The molecule has 1 aromatic carbocycles. The molecule has 1 nitrogen and oxygen atoms in total. The van der Waals surface area contributed by atoms with Gasteiger partial charge in [0, 0.05) is 5.41 Å². The maximum Gasteiger partial charge on any atom is 0.119 e. The van der Waals surface area contributed by atoms with Gasteiger partial charge in [0.1, 0.15) is 5.75 Å². The molecule has 0 amide bonds. The number of hydrogen-bond acceptors (Lipinski definition) is 1. The summed E-state index contributed by atoms with van der Waals surface area (Å²) < 4.78 is 5.63. The van der Waals surface area contributed by atoms with Gasteiger partial charge in [-0.05, 0) is 25.0 Å². The molecule has 0 bridgehead atoms. The minimum absolute atomic E-state index is 0.482. The predicted octanol–water partition coefficient (Wildman–Crippen LogP) is 2.87. The quantitative estimate of drug-likeness (QED) is 0.664. The fourth-order valence-electron chi connectivity index (χ4n) is 1.13. The van der Waals surface area contributed by atoms with Crippen LogP contribution < -0.4 is 4.74 Å². The van der Waals surface area contributed by atoms with Crippen LogP contribution >= 0.6 is 0 Å². The minimum Gasteiger partial charge on any atom is -0.493 e. The molecular weight excluding hydrogens is 148 g/mol. The summed E-state index contributed by atoms with van der Waals surface area (Å²) in [7, 11) is 0. The van der Waals surface area contributed by atoms with Crippen molar-refractivity contribution in [2.24, 2.45) is 5.41 Å². The van der Waals surface area contributed by atoms with Gasteiger partial charge in [-0.15, -0.1) is 0 Å². The van der Waals surface area contributed by atoms with Gasteiger partial charge in [-0.3, -0.25) is 0 Å². The normalized spacial score (nSPS) is 18.8. The Kier molecular flexibility index (Phi) is 1.80. The molecule has 1 fully saturated rings. The van der Waals surface area contributed by atoms with Crippen LogP contribution in [0.2, 0.25) is 0 Å². The van der Waals surface area contributed by atoms with Crippen molar-refractivity contribution in [2.75, 3.05) is 6.61 Å². The lowest BCUT2D eigenvalue weighted by Crippen LogP contribution is -2.08. The second-order valence-electron chi connectivity index (χ2n) is 3.91. The smallest absolute Gasteiger partial charge is 0.119 e. The molecule has 2 rings (SSSR count). The van der Waals surface area contributed by atoms with E-state index in [1.165, 1.54) is 12.8 Å². The first-order valence-electron chi connectivity index (χ1n) is 4.46. The maximum atomic E-state index is 5.63. The Hall–Kier alpha value is -0.980. The van der Waals surface area contributed by atoms with Crippen LogP contribution in [0.25, 0.3) is 0 Å². The topological polar surface area (TPSA) is 9.23 Å². The highest BCUT2D eigenvalue weighted by molar-refractivity contribution is 5.21. The Bertz CT molecular complexity index is 249. The average molecular weight is 162 g/mol. The molecule has 1 aliphatic rings. The molecule has 1 aromatic rings. The van der Waals surface area contributed by atoms with Gasteiger partial charge in [-0.1, -0.05) is 25.1 Å². The summed E-state index contributed by atoms with van der Waals surface area (Å²) in [5.74, 6) is 0.991. The van der Waals surface area contributed by atoms with Crippen molar-refractivity contribution >= 4 is 0 Å². The predicted molar refractivity (Wildman–Crippen MR) is 49.3 cm³/mol. The van der Waals surface area contributed by atoms with Gasteiger partial charge < -0.3 is 4.74 Å². The maximum absolute atomic E-state index is 5.63. The molecule has 64 valence electrons. The summed E-state index contributed by atoms with van der Waals surface area (Å²) in [5.41, 5.74) is 0.482. The summed E-state index contributed by atoms with van der Waals surface area (Å²) in [6.45, 7) is 3.15. The van der Waals surface area contributed by atoms with Crippen LogP contribution in [0.4, 0.5) is 0 Å². The third kappa shape index (κ3) is 1.79. The molecule has 0 aromatic heterocycles. The van der Waals surface area contributed by atoms with E-state index in [9.17, 15) is 0 Å². The summed E-state index contributed by atoms with van der Waals surface area (Å²) >= 11 is 0. The van der Waals surface area contributed by atoms with Crippen molar-refractivity contribution in [3.05, 3.63) is 30.3 Å². The highest BCUT2D eigenvalue weighted by Crippen LogP contribution is 2.44. The average Bonchev–Trinajstić information content (AvgIpc) is 2.84. The van der Waals surface area contributed by atoms with Crippen LogP contribution in [0, 0.1) is 5.41 Å². The lowest BCUT2D eigenvalue weighted by molar-refractivity contribution is 0.247.